The molecule has 1 heterocycles. The summed E-state index contributed by atoms with van der Waals surface area (Å²) >= 11 is 0. The topological polar surface area (TPSA) is 15.3 Å². The van der Waals surface area contributed by atoms with E-state index >= 15 is 0 Å². The lowest BCUT2D eigenvalue weighted by molar-refractivity contribution is 0.247. The zero-order valence-electron chi connectivity index (χ0n) is 9.47. The van der Waals surface area contributed by atoms with Crippen LogP contribution in [0.2, 0.25) is 0 Å². The monoisotopic (exact) mass is 194 g/mol. The van der Waals surface area contributed by atoms with Crippen molar-refractivity contribution in [2.75, 3.05) is 33.2 Å². The van der Waals surface area contributed by atoms with Crippen molar-refractivity contribution in [2.45, 2.75) is 26.2 Å². The normalized spacial score (nSPS) is 21.8. The zero-order chi connectivity index (χ0) is 10.2. The van der Waals surface area contributed by atoms with Crippen LogP contribution in [0.5, 0.6) is 0 Å². The second-order valence-electron chi connectivity index (χ2n) is 4.15. The van der Waals surface area contributed by atoms with Crippen molar-refractivity contribution < 1.29 is 0 Å². The van der Waals surface area contributed by atoms with Crippen LogP contribution < -0.4 is 5.32 Å². The number of hydrogen-bond donors (Lipinski definition) is 1. The van der Waals surface area contributed by atoms with Crippen LogP contribution in [0, 0.1) is 17.8 Å². The molecule has 1 aliphatic rings. The molecular weight excluding hydrogens is 172 g/mol. The number of nitrogens with zero attached hydrogens (tertiary/aromatic N) is 1. The Morgan fingerprint density at radius 2 is 2.36 bits per heavy atom. The largest absolute Gasteiger partial charge is 0.316 e. The first kappa shape index (κ1) is 11.6. The second kappa shape index (κ2) is 6.86. The molecule has 0 spiro atoms. The van der Waals surface area contributed by atoms with Crippen LogP contribution >= 0.6 is 0 Å². The number of nitrogens with one attached hydrogen (secondary N) is 1. The van der Waals surface area contributed by atoms with E-state index in [0.29, 0.717) is 0 Å². The van der Waals surface area contributed by atoms with Gasteiger partial charge in [0.1, 0.15) is 0 Å². The van der Waals surface area contributed by atoms with Crippen LogP contribution in [-0.2, 0) is 0 Å². The molecule has 1 N–H and O–H groups in total. The minimum atomic E-state index is 0.850. The first-order chi connectivity index (χ1) is 6.83. The summed E-state index contributed by atoms with van der Waals surface area (Å²) in [6.45, 7) is 6.64. The fourth-order valence-corrected chi connectivity index (χ4v) is 1.98. The Morgan fingerprint density at radius 1 is 1.50 bits per heavy atom. The van der Waals surface area contributed by atoms with Crippen molar-refractivity contribution >= 4 is 0 Å². The first-order valence-electron chi connectivity index (χ1n) is 5.62. The molecule has 1 unspecified atom stereocenters. The Morgan fingerprint density at radius 3 is 3.00 bits per heavy atom. The molecule has 1 saturated heterocycles. The highest BCUT2D eigenvalue weighted by molar-refractivity contribution is 4.95. The van der Waals surface area contributed by atoms with Crippen molar-refractivity contribution in [2.24, 2.45) is 5.92 Å². The number of hydrogen-bond acceptors (Lipinski definition) is 2. The van der Waals surface area contributed by atoms with Gasteiger partial charge in [0, 0.05) is 19.5 Å². The molecular formula is C12H22N2. The molecule has 1 rings (SSSR count). The van der Waals surface area contributed by atoms with Gasteiger partial charge in [0.05, 0.1) is 0 Å². The lowest BCUT2D eigenvalue weighted by atomic mass is 9.99. The van der Waals surface area contributed by atoms with Gasteiger partial charge in [-0.15, -0.1) is 11.8 Å². The molecule has 80 valence electrons. The van der Waals surface area contributed by atoms with Crippen LogP contribution in [0.1, 0.15) is 26.2 Å². The molecule has 1 aliphatic heterocycles. The molecule has 0 saturated carbocycles. The van der Waals surface area contributed by atoms with E-state index < -0.39 is 0 Å². The van der Waals surface area contributed by atoms with E-state index in [-0.39, 0.29) is 0 Å². The number of piperidine rings is 1. The maximum atomic E-state index is 3.45. The molecule has 2 nitrogen and oxygen atoms in total. The lowest BCUT2D eigenvalue weighted by Gasteiger charge is -2.27. The van der Waals surface area contributed by atoms with E-state index in [9.17, 15) is 0 Å². The van der Waals surface area contributed by atoms with Gasteiger partial charge in [-0.3, -0.25) is 0 Å². The summed E-state index contributed by atoms with van der Waals surface area (Å²) in [6, 6.07) is 0. The van der Waals surface area contributed by atoms with Crippen LogP contribution in [0.3, 0.4) is 0 Å². The molecule has 0 aromatic carbocycles. The van der Waals surface area contributed by atoms with E-state index in [1.54, 1.807) is 0 Å². The standard InChI is InChI=1S/C12H22N2/c1-3-4-5-9-14(2)11-12-7-6-8-13-10-12/h12-13H,5-11H2,1-2H3. The molecule has 2 heteroatoms. The summed E-state index contributed by atoms with van der Waals surface area (Å²) in [5, 5.41) is 3.45. The summed E-state index contributed by atoms with van der Waals surface area (Å²) in [7, 11) is 2.20. The SMILES string of the molecule is CC#CCCN(C)CC1CCCNC1. The van der Waals surface area contributed by atoms with E-state index in [1.165, 1.54) is 32.5 Å². The van der Waals surface area contributed by atoms with Gasteiger partial charge in [0.2, 0.25) is 0 Å². The van der Waals surface area contributed by atoms with Crippen LogP contribution in [-0.4, -0.2) is 38.1 Å². The fraction of sp³-hybridized carbons (Fsp3) is 0.833. The zero-order valence-corrected chi connectivity index (χ0v) is 9.47. The quantitative estimate of drug-likeness (QED) is 0.679. The average Bonchev–Trinajstić information content (AvgIpc) is 2.20. The van der Waals surface area contributed by atoms with Crippen molar-refractivity contribution in [3.8, 4) is 11.8 Å². The maximum Gasteiger partial charge on any atom is 0.0216 e. The third-order valence-corrected chi connectivity index (χ3v) is 2.76. The summed E-state index contributed by atoms with van der Waals surface area (Å²) in [4.78, 5) is 2.40. The molecule has 1 fully saturated rings. The smallest absolute Gasteiger partial charge is 0.0216 e. The van der Waals surface area contributed by atoms with Crippen molar-refractivity contribution in [3.05, 3.63) is 0 Å². The minimum absolute atomic E-state index is 0.850. The first-order valence-corrected chi connectivity index (χ1v) is 5.62. The highest BCUT2D eigenvalue weighted by Gasteiger charge is 2.14. The summed E-state index contributed by atoms with van der Waals surface area (Å²) in [5.41, 5.74) is 0. The van der Waals surface area contributed by atoms with Gasteiger partial charge < -0.3 is 10.2 Å². The molecule has 1 atom stereocenters. The van der Waals surface area contributed by atoms with Gasteiger partial charge >= 0.3 is 0 Å². The van der Waals surface area contributed by atoms with Crippen LogP contribution in [0.25, 0.3) is 0 Å². The van der Waals surface area contributed by atoms with Crippen LogP contribution in [0.4, 0.5) is 0 Å². The van der Waals surface area contributed by atoms with Crippen molar-refractivity contribution in [1.29, 1.82) is 0 Å². The van der Waals surface area contributed by atoms with Crippen LogP contribution in [0.15, 0.2) is 0 Å². The third kappa shape index (κ3) is 4.64. The van der Waals surface area contributed by atoms with Gasteiger partial charge in [-0.05, 0) is 45.8 Å². The van der Waals surface area contributed by atoms with Gasteiger partial charge in [-0.1, -0.05) is 0 Å². The van der Waals surface area contributed by atoms with Gasteiger partial charge in [0.25, 0.3) is 0 Å². The highest BCUT2D eigenvalue weighted by Crippen LogP contribution is 2.10. The molecule has 0 amide bonds. The minimum Gasteiger partial charge on any atom is -0.316 e. The fourth-order valence-electron chi connectivity index (χ4n) is 1.98. The maximum absolute atomic E-state index is 3.45. The van der Waals surface area contributed by atoms with E-state index in [0.717, 1.165) is 18.9 Å². The Balaban J connectivity index is 2.10. The van der Waals surface area contributed by atoms with Gasteiger partial charge in [0.15, 0.2) is 0 Å². The van der Waals surface area contributed by atoms with Gasteiger partial charge in [-0.2, -0.15) is 0 Å². The second-order valence-corrected chi connectivity index (χ2v) is 4.15. The Hall–Kier alpha value is -0.520. The van der Waals surface area contributed by atoms with Crippen molar-refractivity contribution in [1.82, 2.24) is 10.2 Å². The lowest BCUT2D eigenvalue weighted by Crippen LogP contribution is -2.37. The van der Waals surface area contributed by atoms with Gasteiger partial charge in [-0.25, -0.2) is 0 Å². The molecule has 0 aromatic rings. The molecule has 14 heavy (non-hydrogen) atoms. The van der Waals surface area contributed by atoms with E-state index in [2.05, 4.69) is 29.1 Å². The summed E-state index contributed by atoms with van der Waals surface area (Å²) < 4.78 is 0. The summed E-state index contributed by atoms with van der Waals surface area (Å²) in [5.74, 6) is 6.90. The molecule has 0 aromatic heterocycles. The van der Waals surface area contributed by atoms with E-state index in [1.807, 2.05) is 6.92 Å². The Labute approximate surface area is 88.1 Å². The molecule has 0 bridgehead atoms. The summed E-state index contributed by atoms with van der Waals surface area (Å²) in [6.07, 6.45) is 3.73. The Kier molecular flexibility index (Phi) is 5.66. The molecule has 0 radical (unpaired) electrons. The third-order valence-electron chi connectivity index (χ3n) is 2.76. The highest BCUT2D eigenvalue weighted by atomic mass is 15.1. The molecule has 0 aliphatic carbocycles. The Bertz CT molecular complexity index is 196. The predicted octanol–water partition coefficient (Wildman–Crippen LogP) is 1.33. The van der Waals surface area contributed by atoms with Crippen molar-refractivity contribution in [3.63, 3.8) is 0 Å². The predicted molar refractivity (Wildman–Crippen MR) is 61.2 cm³/mol. The number of rotatable bonds is 4. The average molecular weight is 194 g/mol. The van der Waals surface area contributed by atoms with E-state index in [4.69, 9.17) is 0 Å².